The SMILES string of the molecule is CCC(C)(C)NC(=O)C(C)n1c(C)nnc1-c1cccc(C#N)c1. The second kappa shape index (κ2) is 6.83. The van der Waals surface area contributed by atoms with E-state index in [0.717, 1.165) is 12.0 Å². The summed E-state index contributed by atoms with van der Waals surface area (Å²) in [7, 11) is 0. The zero-order chi connectivity index (χ0) is 17.9. The Morgan fingerprint density at radius 1 is 1.42 bits per heavy atom. The van der Waals surface area contributed by atoms with E-state index in [1.165, 1.54) is 0 Å². The van der Waals surface area contributed by atoms with Crippen LogP contribution in [0.1, 0.15) is 51.5 Å². The summed E-state index contributed by atoms with van der Waals surface area (Å²) in [5, 5.41) is 20.5. The lowest BCUT2D eigenvalue weighted by molar-refractivity contribution is -0.125. The molecule has 1 N–H and O–H groups in total. The van der Waals surface area contributed by atoms with E-state index in [2.05, 4.69) is 21.6 Å². The Kier molecular flexibility index (Phi) is 5.03. The molecule has 1 aromatic carbocycles. The third-order valence-corrected chi connectivity index (χ3v) is 4.23. The number of nitrogens with zero attached hydrogens (tertiary/aromatic N) is 4. The molecule has 0 saturated heterocycles. The van der Waals surface area contributed by atoms with Gasteiger partial charge in [-0.25, -0.2) is 0 Å². The summed E-state index contributed by atoms with van der Waals surface area (Å²) in [6, 6.07) is 8.81. The highest BCUT2D eigenvalue weighted by Crippen LogP contribution is 2.24. The van der Waals surface area contributed by atoms with Crippen LogP contribution in [0.2, 0.25) is 0 Å². The van der Waals surface area contributed by atoms with Gasteiger partial charge in [-0.1, -0.05) is 19.1 Å². The van der Waals surface area contributed by atoms with Gasteiger partial charge in [0.15, 0.2) is 5.82 Å². The van der Waals surface area contributed by atoms with Crippen molar-refractivity contribution in [3.05, 3.63) is 35.7 Å². The van der Waals surface area contributed by atoms with Gasteiger partial charge in [-0.3, -0.25) is 9.36 Å². The standard InChI is InChI=1S/C18H23N5O/c1-6-18(4,5)20-17(24)12(2)23-13(3)21-22-16(23)15-9-7-8-14(10-15)11-19/h7-10,12H,6H2,1-5H3,(H,20,24). The zero-order valence-corrected chi connectivity index (χ0v) is 14.8. The second-order valence-electron chi connectivity index (χ2n) is 6.54. The van der Waals surface area contributed by atoms with Crippen LogP contribution in [0.4, 0.5) is 0 Å². The highest BCUT2D eigenvalue weighted by Gasteiger charge is 2.26. The van der Waals surface area contributed by atoms with E-state index in [1.54, 1.807) is 22.8 Å². The summed E-state index contributed by atoms with van der Waals surface area (Å²) in [6.07, 6.45) is 0.837. The van der Waals surface area contributed by atoms with E-state index in [9.17, 15) is 4.79 Å². The monoisotopic (exact) mass is 325 g/mol. The minimum absolute atomic E-state index is 0.0811. The molecule has 0 aliphatic carbocycles. The fourth-order valence-electron chi connectivity index (χ4n) is 2.40. The maximum absolute atomic E-state index is 12.6. The molecule has 2 aromatic rings. The van der Waals surface area contributed by atoms with Crippen molar-refractivity contribution in [2.24, 2.45) is 0 Å². The summed E-state index contributed by atoms with van der Waals surface area (Å²) in [6.45, 7) is 9.67. The number of nitrogens with one attached hydrogen (secondary N) is 1. The quantitative estimate of drug-likeness (QED) is 0.916. The molecule has 0 spiro atoms. The fourth-order valence-corrected chi connectivity index (χ4v) is 2.40. The Hall–Kier alpha value is -2.68. The van der Waals surface area contributed by atoms with Gasteiger partial charge < -0.3 is 5.32 Å². The summed E-state index contributed by atoms with van der Waals surface area (Å²) in [5.74, 6) is 1.16. The van der Waals surface area contributed by atoms with Crippen molar-refractivity contribution in [2.45, 2.75) is 52.6 Å². The highest BCUT2D eigenvalue weighted by molar-refractivity contribution is 5.81. The third-order valence-electron chi connectivity index (χ3n) is 4.23. The first kappa shape index (κ1) is 17.7. The van der Waals surface area contributed by atoms with E-state index in [0.29, 0.717) is 17.2 Å². The van der Waals surface area contributed by atoms with Gasteiger partial charge in [-0.05, 0) is 46.2 Å². The Morgan fingerprint density at radius 2 is 2.12 bits per heavy atom. The van der Waals surface area contributed by atoms with Crippen molar-refractivity contribution in [1.29, 1.82) is 5.26 Å². The highest BCUT2D eigenvalue weighted by atomic mass is 16.2. The van der Waals surface area contributed by atoms with Crippen molar-refractivity contribution < 1.29 is 4.79 Å². The van der Waals surface area contributed by atoms with Crippen molar-refractivity contribution in [3.63, 3.8) is 0 Å². The van der Waals surface area contributed by atoms with E-state index in [-0.39, 0.29) is 11.4 Å². The van der Waals surface area contributed by atoms with Crippen molar-refractivity contribution in [1.82, 2.24) is 20.1 Å². The van der Waals surface area contributed by atoms with Crippen LogP contribution in [-0.4, -0.2) is 26.2 Å². The lowest BCUT2D eigenvalue weighted by Crippen LogP contribution is -2.45. The van der Waals surface area contributed by atoms with Gasteiger partial charge in [-0.2, -0.15) is 5.26 Å². The molecule has 1 unspecified atom stereocenters. The van der Waals surface area contributed by atoms with Gasteiger partial charge in [0.2, 0.25) is 5.91 Å². The molecule has 0 fully saturated rings. The number of hydrogen-bond acceptors (Lipinski definition) is 4. The topological polar surface area (TPSA) is 83.6 Å². The maximum Gasteiger partial charge on any atom is 0.243 e. The molecule has 0 saturated carbocycles. The first-order valence-electron chi connectivity index (χ1n) is 8.03. The van der Waals surface area contributed by atoms with Crippen LogP contribution in [-0.2, 0) is 4.79 Å². The number of carbonyl (C=O) groups is 1. The molecule has 1 aromatic heterocycles. The number of benzene rings is 1. The normalized spacial score (nSPS) is 12.5. The molecular formula is C18H23N5O. The fraction of sp³-hybridized carbons (Fsp3) is 0.444. The molecule has 1 amide bonds. The largest absolute Gasteiger partial charge is 0.349 e. The summed E-state index contributed by atoms with van der Waals surface area (Å²) >= 11 is 0. The molecule has 24 heavy (non-hydrogen) atoms. The first-order chi connectivity index (χ1) is 11.3. The number of aryl methyl sites for hydroxylation is 1. The van der Waals surface area contributed by atoms with E-state index in [1.807, 2.05) is 40.7 Å². The lowest BCUT2D eigenvalue weighted by Gasteiger charge is -2.27. The molecular weight excluding hydrogens is 302 g/mol. The molecule has 1 heterocycles. The van der Waals surface area contributed by atoms with Crippen molar-refractivity contribution in [3.8, 4) is 17.5 Å². The van der Waals surface area contributed by atoms with Crippen LogP contribution >= 0.6 is 0 Å². The Labute approximate surface area is 142 Å². The summed E-state index contributed by atoms with van der Waals surface area (Å²) in [5.41, 5.74) is 1.04. The molecule has 6 nitrogen and oxygen atoms in total. The molecule has 0 radical (unpaired) electrons. The molecule has 0 aliphatic heterocycles. The van der Waals surface area contributed by atoms with E-state index < -0.39 is 6.04 Å². The van der Waals surface area contributed by atoms with Crippen LogP contribution in [0.5, 0.6) is 0 Å². The van der Waals surface area contributed by atoms with E-state index >= 15 is 0 Å². The number of nitriles is 1. The zero-order valence-electron chi connectivity index (χ0n) is 14.8. The molecule has 0 aliphatic rings. The number of hydrogen-bond donors (Lipinski definition) is 1. The Morgan fingerprint density at radius 3 is 2.75 bits per heavy atom. The summed E-state index contributed by atoms with van der Waals surface area (Å²) < 4.78 is 1.80. The average molecular weight is 325 g/mol. The predicted molar refractivity (Wildman–Crippen MR) is 92.1 cm³/mol. The number of aromatic nitrogens is 3. The van der Waals surface area contributed by atoms with Crippen molar-refractivity contribution >= 4 is 5.91 Å². The van der Waals surface area contributed by atoms with Gasteiger partial charge >= 0.3 is 0 Å². The lowest BCUT2D eigenvalue weighted by atomic mass is 10.0. The van der Waals surface area contributed by atoms with Gasteiger partial charge in [0.1, 0.15) is 11.9 Å². The summed E-state index contributed by atoms with van der Waals surface area (Å²) in [4.78, 5) is 12.6. The smallest absolute Gasteiger partial charge is 0.243 e. The van der Waals surface area contributed by atoms with Gasteiger partial charge in [-0.15, -0.1) is 10.2 Å². The van der Waals surface area contributed by atoms with Gasteiger partial charge in [0.05, 0.1) is 11.6 Å². The van der Waals surface area contributed by atoms with Crippen LogP contribution in [0.25, 0.3) is 11.4 Å². The maximum atomic E-state index is 12.6. The average Bonchev–Trinajstić information content (AvgIpc) is 2.95. The van der Waals surface area contributed by atoms with Crippen LogP contribution < -0.4 is 5.32 Å². The van der Waals surface area contributed by atoms with Gasteiger partial charge in [0, 0.05) is 11.1 Å². The van der Waals surface area contributed by atoms with Crippen molar-refractivity contribution in [2.75, 3.05) is 0 Å². The minimum Gasteiger partial charge on any atom is -0.349 e. The van der Waals surface area contributed by atoms with E-state index in [4.69, 9.17) is 5.26 Å². The predicted octanol–water partition coefficient (Wildman–Crippen LogP) is 2.99. The first-order valence-corrected chi connectivity index (χ1v) is 8.03. The molecule has 6 heteroatoms. The molecule has 1 atom stereocenters. The van der Waals surface area contributed by atoms with Crippen LogP contribution in [0, 0.1) is 18.3 Å². The minimum atomic E-state index is -0.452. The van der Waals surface area contributed by atoms with Crippen LogP contribution in [0.3, 0.4) is 0 Å². The number of amides is 1. The number of rotatable bonds is 5. The third kappa shape index (κ3) is 3.62. The van der Waals surface area contributed by atoms with Gasteiger partial charge in [0.25, 0.3) is 0 Å². The van der Waals surface area contributed by atoms with Crippen LogP contribution in [0.15, 0.2) is 24.3 Å². The Bertz CT molecular complexity index is 785. The molecule has 0 bridgehead atoms. The second-order valence-corrected chi connectivity index (χ2v) is 6.54. The molecule has 2 rings (SSSR count). The molecule has 126 valence electrons. The number of carbonyl (C=O) groups excluding carboxylic acids is 1. The Balaban J connectivity index is 2.39.